The van der Waals surface area contributed by atoms with Gasteiger partial charge >= 0.3 is 0 Å². The Hall–Kier alpha value is -1.84. The van der Waals surface area contributed by atoms with Crippen LogP contribution in [0.1, 0.15) is 42.1 Å². The lowest BCUT2D eigenvalue weighted by atomic mass is 10.1. The quantitative estimate of drug-likeness (QED) is 0.226. The van der Waals surface area contributed by atoms with Crippen molar-refractivity contribution in [2.24, 2.45) is 4.99 Å². The SMILES string of the molecule is CCNC(=NCc1ccc(C(=O)NC)cc1)NCCCN1CCCC1=O.I. The summed E-state index contributed by atoms with van der Waals surface area (Å²) in [4.78, 5) is 29.7. The number of nitrogens with zero attached hydrogens (tertiary/aromatic N) is 2. The number of carbonyl (C=O) groups excluding carboxylic acids is 2. The zero-order chi connectivity index (χ0) is 18.8. The van der Waals surface area contributed by atoms with Gasteiger partial charge in [-0.2, -0.15) is 0 Å². The van der Waals surface area contributed by atoms with Gasteiger partial charge in [-0.05, 0) is 37.5 Å². The summed E-state index contributed by atoms with van der Waals surface area (Å²) in [6.45, 7) is 5.80. The molecular weight excluding hydrogens is 457 g/mol. The molecule has 1 aliphatic heterocycles. The van der Waals surface area contributed by atoms with E-state index in [1.54, 1.807) is 19.2 Å². The molecule has 0 atom stereocenters. The molecule has 0 aliphatic carbocycles. The Kier molecular flexibility index (Phi) is 10.8. The van der Waals surface area contributed by atoms with Crippen LogP contribution in [0.25, 0.3) is 0 Å². The van der Waals surface area contributed by atoms with Gasteiger partial charge in [0.15, 0.2) is 5.96 Å². The maximum atomic E-state index is 11.6. The average Bonchev–Trinajstić information content (AvgIpc) is 3.07. The van der Waals surface area contributed by atoms with Gasteiger partial charge in [-0.3, -0.25) is 9.59 Å². The van der Waals surface area contributed by atoms with Crippen molar-refractivity contribution in [3.05, 3.63) is 35.4 Å². The largest absolute Gasteiger partial charge is 0.357 e. The highest BCUT2D eigenvalue weighted by atomic mass is 127. The van der Waals surface area contributed by atoms with Gasteiger partial charge in [-0.25, -0.2) is 4.99 Å². The fourth-order valence-corrected chi connectivity index (χ4v) is 2.84. The Labute approximate surface area is 178 Å². The topological polar surface area (TPSA) is 85.8 Å². The number of guanidine groups is 1. The van der Waals surface area contributed by atoms with E-state index in [1.165, 1.54) is 0 Å². The molecule has 1 fully saturated rings. The molecule has 1 aromatic carbocycles. The summed E-state index contributed by atoms with van der Waals surface area (Å²) < 4.78 is 0. The van der Waals surface area contributed by atoms with Crippen molar-refractivity contribution < 1.29 is 9.59 Å². The van der Waals surface area contributed by atoms with Crippen LogP contribution >= 0.6 is 24.0 Å². The third-order valence-corrected chi connectivity index (χ3v) is 4.28. The Bertz CT molecular complexity index is 633. The first kappa shape index (κ1) is 23.2. The molecular formula is C19H30IN5O2. The number of rotatable bonds is 8. The van der Waals surface area contributed by atoms with Crippen LogP contribution in [0.15, 0.2) is 29.3 Å². The maximum absolute atomic E-state index is 11.6. The summed E-state index contributed by atoms with van der Waals surface area (Å²) >= 11 is 0. The van der Waals surface area contributed by atoms with Crippen LogP contribution < -0.4 is 16.0 Å². The van der Waals surface area contributed by atoms with Gasteiger partial charge in [-0.1, -0.05) is 12.1 Å². The Balaban J connectivity index is 0.00000364. The number of likely N-dealkylation sites (tertiary alicyclic amines) is 1. The minimum absolute atomic E-state index is 0. The van der Waals surface area contributed by atoms with Crippen molar-refractivity contribution in [3.8, 4) is 0 Å². The molecule has 3 N–H and O–H groups in total. The van der Waals surface area contributed by atoms with E-state index in [0.29, 0.717) is 18.5 Å². The van der Waals surface area contributed by atoms with E-state index in [0.717, 1.165) is 50.5 Å². The van der Waals surface area contributed by atoms with E-state index in [9.17, 15) is 9.59 Å². The summed E-state index contributed by atoms with van der Waals surface area (Å²) in [6, 6.07) is 7.43. The molecule has 0 unspecified atom stereocenters. The molecule has 0 spiro atoms. The number of nitrogens with one attached hydrogen (secondary N) is 3. The Morgan fingerprint density at radius 3 is 2.56 bits per heavy atom. The second-order valence-corrected chi connectivity index (χ2v) is 6.24. The maximum Gasteiger partial charge on any atom is 0.251 e. The van der Waals surface area contributed by atoms with E-state index in [4.69, 9.17) is 0 Å². The monoisotopic (exact) mass is 487 g/mol. The van der Waals surface area contributed by atoms with Gasteiger partial charge < -0.3 is 20.9 Å². The number of hydrogen-bond donors (Lipinski definition) is 3. The molecule has 0 aromatic heterocycles. The van der Waals surface area contributed by atoms with E-state index in [1.807, 2.05) is 24.0 Å². The van der Waals surface area contributed by atoms with Crippen LogP contribution in [0, 0.1) is 0 Å². The van der Waals surface area contributed by atoms with Crippen molar-refractivity contribution in [2.75, 3.05) is 33.2 Å². The fourth-order valence-electron chi connectivity index (χ4n) is 2.84. The van der Waals surface area contributed by atoms with Crippen LogP contribution in [0.2, 0.25) is 0 Å². The number of aliphatic imine (C=N–C) groups is 1. The Morgan fingerprint density at radius 2 is 1.96 bits per heavy atom. The second-order valence-electron chi connectivity index (χ2n) is 6.24. The minimum atomic E-state index is -0.0912. The highest BCUT2D eigenvalue weighted by molar-refractivity contribution is 14.0. The highest BCUT2D eigenvalue weighted by Gasteiger charge is 2.18. The summed E-state index contributed by atoms with van der Waals surface area (Å²) in [6.07, 6.45) is 2.57. The van der Waals surface area contributed by atoms with Gasteiger partial charge in [0.05, 0.1) is 6.54 Å². The molecule has 8 heteroatoms. The van der Waals surface area contributed by atoms with Crippen LogP contribution in [0.4, 0.5) is 0 Å². The van der Waals surface area contributed by atoms with Crippen LogP contribution in [-0.4, -0.2) is 55.9 Å². The van der Waals surface area contributed by atoms with E-state index >= 15 is 0 Å². The lowest BCUT2D eigenvalue weighted by Crippen LogP contribution is -2.39. The van der Waals surface area contributed by atoms with Crippen LogP contribution in [0.5, 0.6) is 0 Å². The molecule has 1 saturated heterocycles. The van der Waals surface area contributed by atoms with Gasteiger partial charge in [0.1, 0.15) is 0 Å². The molecule has 1 aliphatic rings. The van der Waals surface area contributed by atoms with Crippen LogP contribution in [-0.2, 0) is 11.3 Å². The first-order valence-corrected chi connectivity index (χ1v) is 9.25. The lowest BCUT2D eigenvalue weighted by Gasteiger charge is -2.16. The third kappa shape index (κ3) is 7.74. The number of hydrogen-bond acceptors (Lipinski definition) is 3. The lowest BCUT2D eigenvalue weighted by molar-refractivity contribution is -0.127. The van der Waals surface area contributed by atoms with E-state index in [2.05, 4.69) is 20.9 Å². The zero-order valence-electron chi connectivity index (χ0n) is 16.1. The van der Waals surface area contributed by atoms with Crippen molar-refractivity contribution in [3.63, 3.8) is 0 Å². The third-order valence-electron chi connectivity index (χ3n) is 4.28. The predicted molar refractivity (Wildman–Crippen MR) is 118 cm³/mol. The van der Waals surface area contributed by atoms with Crippen molar-refractivity contribution in [2.45, 2.75) is 32.7 Å². The standard InChI is InChI=1S/C19H29N5O2.HI/c1-3-21-19(22-11-5-13-24-12-4-6-17(24)25)23-14-15-7-9-16(10-8-15)18(26)20-2;/h7-10H,3-6,11-14H2,1-2H3,(H,20,26)(H2,21,22,23);1H. The van der Waals surface area contributed by atoms with Crippen molar-refractivity contribution in [1.82, 2.24) is 20.9 Å². The number of benzene rings is 1. The summed E-state index contributed by atoms with van der Waals surface area (Å²) in [7, 11) is 1.62. The first-order valence-electron chi connectivity index (χ1n) is 9.25. The molecule has 2 rings (SSSR count). The van der Waals surface area contributed by atoms with Gasteiger partial charge in [-0.15, -0.1) is 24.0 Å². The molecule has 150 valence electrons. The normalized spacial score (nSPS) is 13.9. The first-order chi connectivity index (χ1) is 12.6. The predicted octanol–water partition coefficient (Wildman–Crippen LogP) is 1.73. The van der Waals surface area contributed by atoms with Crippen LogP contribution in [0.3, 0.4) is 0 Å². The van der Waals surface area contributed by atoms with Gasteiger partial charge in [0.2, 0.25) is 5.91 Å². The summed E-state index contributed by atoms with van der Waals surface area (Å²) in [5, 5.41) is 9.14. The second kappa shape index (κ2) is 12.5. The molecule has 0 radical (unpaired) electrons. The van der Waals surface area contributed by atoms with Crippen molar-refractivity contribution >= 4 is 41.8 Å². The summed E-state index contributed by atoms with van der Waals surface area (Å²) in [5.74, 6) is 0.938. The summed E-state index contributed by atoms with van der Waals surface area (Å²) in [5.41, 5.74) is 1.68. The number of carbonyl (C=O) groups is 2. The molecule has 7 nitrogen and oxygen atoms in total. The molecule has 1 aromatic rings. The molecule has 1 heterocycles. The molecule has 2 amide bonds. The van der Waals surface area contributed by atoms with Gasteiger partial charge in [0, 0.05) is 45.2 Å². The van der Waals surface area contributed by atoms with Gasteiger partial charge in [0.25, 0.3) is 5.91 Å². The number of halogens is 1. The highest BCUT2D eigenvalue weighted by Crippen LogP contribution is 2.09. The molecule has 0 bridgehead atoms. The van der Waals surface area contributed by atoms with Crippen molar-refractivity contribution in [1.29, 1.82) is 0 Å². The zero-order valence-corrected chi connectivity index (χ0v) is 18.4. The minimum Gasteiger partial charge on any atom is -0.357 e. The fraction of sp³-hybridized carbons (Fsp3) is 0.526. The smallest absolute Gasteiger partial charge is 0.251 e. The number of amides is 2. The Morgan fingerprint density at radius 1 is 1.22 bits per heavy atom. The average molecular weight is 487 g/mol. The molecule has 27 heavy (non-hydrogen) atoms. The van der Waals surface area contributed by atoms with E-state index in [-0.39, 0.29) is 35.8 Å². The van der Waals surface area contributed by atoms with E-state index < -0.39 is 0 Å². The molecule has 0 saturated carbocycles.